The van der Waals surface area contributed by atoms with Gasteiger partial charge in [0.15, 0.2) is 4.96 Å². The highest BCUT2D eigenvalue weighted by Crippen LogP contribution is 2.24. The van der Waals surface area contributed by atoms with Gasteiger partial charge in [-0.1, -0.05) is 12.1 Å². The smallest absolute Gasteiger partial charge is 0.227 e. The zero-order valence-electron chi connectivity index (χ0n) is 14.8. The zero-order chi connectivity index (χ0) is 19.0. The summed E-state index contributed by atoms with van der Waals surface area (Å²) in [5, 5.41) is 4.93. The van der Waals surface area contributed by atoms with E-state index in [-0.39, 0.29) is 11.8 Å². The number of benzene rings is 1. The van der Waals surface area contributed by atoms with E-state index in [1.165, 1.54) is 10.6 Å². The third-order valence-electron chi connectivity index (χ3n) is 4.84. The van der Waals surface area contributed by atoms with Crippen LogP contribution in [0.1, 0.15) is 12.8 Å². The van der Waals surface area contributed by atoms with E-state index in [0.717, 1.165) is 21.9 Å². The summed E-state index contributed by atoms with van der Waals surface area (Å²) < 4.78 is 26.5. The molecule has 1 N–H and O–H groups in total. The second-order valence-corrected chi connectivity index (χ2v) is 9.58. The quantitative estimate of drug-likeness (QED) is 0.725. The van der Waals surface area contributed by atoms with Crippen molar-refractivity contribution in [1.29, 1.82) is 0 Å². The molecule has 3 aromatic rings. The Labute approximate surface area is 161 Å². The average molecular weight is 405 g/mol. The highest BCUT2D eigenvalue weighted by atomic mass is 32.2. The fourth-order valence-electron chi connectivity index (χ4n) is 3.28. The van der Waals surface area contributed by atoms with E-state index in [4.69, 9.17) is 0 Å². The lowest BCUT2D eigenvalue weighted by Crippen LogP contribution is -2.40. The monoisotopic (exact) mass is 404 g/mol. The maximum absolute atomic E-state index is 12.5. The van der Waals surface area contributed by atoms with Gasteiger partial charge >= 0.3 is 0 Å². The molecule has 1 amide bonds. The molecule has 0 atom stereocenters. The molecular weight excluding hydrogens is 384 g/mol. The Morgan fingerprint density at radius 3 is 2.56 bits per heavy atom. The molecular formula is C18H20N4O3S2. The minimum atomic E-state index is -3.18. The second-order valence-electron chi connectivity index (χ2n) is 6.72. The molecule has 0 radical (unpaired) electrons. The van der Waals surface area contributed by atoms with Crippen LogP contribution >= 0.6 is 11.3 Å². The van der Waals surface area contributed by atoms with Crippen molar-refractivity contribution >= 4 is 37.9 Å². The molecule has 0 unspecified atom stereocenters. The fraction of sp³-hybridized carbons (Fsp3) is 0.333. The van der Waals surface area contributed by atoms with Crippen LogP contribution in [-0.4, -0.2) is 47.4 Å². The minimum absolute atomic E-state index is 0.0570. The lowest BCUT2D eigenvalue weighted by molar-refractivity contribution is -0.120. The molecule has 1 fully saturated rings. The van der Waals surface area contributed by atoms with Gasteiger partial charge in [0.05, 0.1) is 11.9 Å². The van der Waals surface area contributed by atoms with Gasteiger partial charge in [-0.3, -0.25) is 9.20 Å². The van der Waals surface area contributed by atoms with Crippen LogP contribution < -0.4 is 5.32 Å². The summed E-state index contributed by atoms with van der Waals surface area (Å²) in [6, 6.07) is 7.61. The minimum Gasteiger partial charge on any atom is -0.326 e. The lowest BCUT2D eigenvalue weighted by Gasteiger charge is -2.29. The highest BCUT2D eigenvalue weighted by Gasteiger charge is 2.28. The van der Waals surface area contributed by atoms with E-state index >= 15 is 0 Å². The van der Waals surface area contributed by atoms with Crippen molar-refractivity contribution in [2.45, 2.75) is 12.8 Å². The van der Waals surface area contributed by atoms with Crippen molar-refractivity contribution in [3.63, 3.8) is 0 Å². The van der Waals surface area contributed by atoms with E-state index < -0.39 is 10.0 Å². The number of sulfonamides is 1. The summed E-state index contributed by atoms with van der Waals surface area (Å²) in [7, 11) is -3.18. The molecule has 1 aliphatic heterocycles. The van der Waals surface area contributed by atoms with Crippen LogP contribution in [0.2, 0.25) is 0 Å². The summed E-state index contributed by atoms with van der Waals surface area (Å²) in [4.78, 5) is 18.0. The van der Waals surface area contributed by atoms with Gasteiger partial charge in [-0.2, -0.15) is 0 Å². The number of anilines is 1. The molecule has 4 rings (SSSR count). The van der Waals surface area contributed by atoms with E-state index in [2.05, 4.69) is 10.3 Å². The van der Waals surface area contributed by atoms with Gasteiger partial charge in [0, 0.05) is 48.0 Å². The summed E-state index contributed by atoms with van der Waals surface area (Å²) in [6.07, 6.45) is 6.25. The number of carbonyl (C=O) groups excluding carboxylic acids is 1. The van der Waals surface area contributed by atoms with Crippen molar-refractivity contribution in [3.05, 3.63) is 42.0 Å². The Hall–Kier alpha value is -2.23. The van der Waals surface area contributed by atoms with Gasteiger partial charge in [-0.15, -0.1) is 11.3 Å². The molecule has 142 valence electrons. The molecule has 1 aromatic carbocycles. The third kappa shape index (κ3) is 3.90. The first-order chi connectivity index (χ1) is 12.9. The summed E-state index contributed by atoms with van der Waals surface area (Å²) in [6.45, 7) is 0.792. The number of amides is 1. The van der Waals surface area contributed by atoms with Crippen LogP contribution in [0.3, 0.4) is 0 Å². The molecule has 1 aliphatic rings. The Morgan fingerprint density at radius 2 is 1.93 bits per heavy atom. The normalized spacial score (nSPS) is 16.6. The second kappa shape index (κ2) is 7.06. The highest BCUT2D eigenvalue weighted by molar-refractivity contribution is 7.88. The predicted octanol–water partition coefficient (Wildman–Crippen LogP) is 2.67. The standard InChI is InChI=1S/C18H20N4O3S2/c1-27(24,25)22-8-6-14(7-9-22)17(23)19-15-4-2-13(3-5-15)16-12-21-10-11-26-18(21)20-16/h2-5,10-12,14H,6-9H2,1H3,(H,19,23). The Morgan fingerprint density at radius 1 is 1.22 bits per heavy atom. The van der Waals surface area contributed by atoms with Crippen molar-refractivity contribution in [2.24, 2.45) is 5.92 Å². The van der Waals surface area contributed by atoms with E-state index in [9.17, 15) is 13.2 Å². The van der Waals surface area contributed by atoms with Crippen LogP contribution in [0, 0.1) is 5.92 Å². The molecule has 0 spiro atoms. The predicted molar refractivity (Wildman–Crippen MR) is 106 cm³/mol. The number of carbonyl (C=O) groups is 1. The first-order valence-electron chi connectivity index (χ1n) is 8.69. The third-order valence-corrected chi connectivity index (χ3v) is 6.91. The summed E-state index contributed by atoms with van der Waals surface area (Å²) >= 11 is 1.59. The number of aromatic nitrogens is 2. The van der Waals surface area contributed by atoms with E-state index in [1.54, 1.807) is 11.3 Å². The van der Waals surface area contributed by atoms with Gasteiger partial charge < -0.3 is 5.32 Å². The maximum Gasteiger partial charge on any atom is 0.227 e. The maximum atomic E-state index is 12.5. The number of rotatable bonds is 4. The summed E-state index contributed by atoms with van der Waals surface area (Å²) in [5.74, 6) is -0.221. The number of hydrogen-bond acceptors (Lipinski definition) is 5. The van der Waals surface area contributed by atoms with Gasteiger partial charge in [0.2, 0.25) is 15.9 Å². The molecule has 0 aliphatic carbocycles. The first-order valence-corrected chi connectivity index (χ1v) is 11.4. The molecule has 9 heteroatoms. The van der Waals surface area contributed by atoms with Gasteiger partial charge in [0.25, 0.3) is 0 Å². The molecule has 7 nitrogen and oxygen atoms in total. The van der Waals surface area contributed by atoms with Crippen LogP contribution in [0.15, 0.2) is 42.0 Å². The number of nitrogens with zero attached hydrogens (tertiary/aromatic N) is 3. The molecule has 1 saturated heterocycles. The van der Waals surface area contributed by atoms with Gasteiger partial charge in [-0.25, -0.2) is 17.7 Å². The Bertz CT molecular complexity index is 1030. The molecule has 0 saturated carbocycles. The van der Waals surface area contributed by atoms with Crippen LogP contribution in [0.25, 0.3) is 16.2 Å². The largest absolute Gasteiger partial charge is 0.326 e. The van der Waals surface area contributed by atoms with Gasteiger partial charge in [-0.05, 0) is 25.0 Å². The molecule has 27 heavy (non-hydrogen) atoms. The molecule has 0 bridgehead atoms. The Kier molecular flexibility index (Phi) is 4.75. The summed E-state index contributed by atoms with van der Waals surface area (Å²) in [5.41, 5.74) is 2.62. The topological polar surface area (TPSA) is 83.8 Å². The number of nitrogens with one attached hydrogen (secondary N) is 1. The van der Waals surface area contributed by atoms with Crippen molar-refractivity contribution in [2.75, 3.05) is 24.7 Å². The van der Waals surface area contributed by atoms with Crippen LogP contribution in [-0.2, 0) is 14.8 Å². The Balaban J connectivity index is 1.38. The van der Waals surface area contributed by atoms with Crippen LogP contribution in [0.4, 0.5) is 5.69 Å². The number of hydrogen-bond donors (Lipinski definition) is 1. The van der Waals surface area contributed by atoms with E-state index in [0.29, 0.717) is 25.9 Å². The zero-order valence-corrected chi connectivity index (χ0v) is 16.5. The van der Waals surface area contributed by atoms with E-state index in [1.807, 2.05) is 46.4 Å². The fourth-order valence-corrected chi connectivity index (χ4v) is 4.86. The van der Waals surface area contributed by atoms with Crippen molar-refractivity contribution < 1.29 is 13.2 Å². The lowest BCUT2D eigenvalue weighted by atomic mass is 9.97. The SMILES string of the molecule is CS(=O)(=O)N1CCC(C(=O)Nc2ccc(-c3cn4ccsc4n3)cc2)CC1. The molecule has 2 aromatic heterocycles. The number of fused-ring (bicyclic) bond motifs is 1. The molecule has 3 heterocycles. The van der Waals surface area contributed by atoms with Crippen molar-refractivity contribution in [1.82, 2.24) is 13.7 Å². The van der Waals surface area contributed by atoms with Crippen molar-refractivity contribution in [3.8, 4) is 11.3 Å². The average Bonchev–Trinajstić information content (AvgIpc) is 3.24. The first kappa shape index (κ1) is 18.1. The van der Waals surface area contributed by atoms with Crippen LogP contribution in [0.5, 0.6) is 0 Å². The number of imidazole rings is 1. The van der Waals surface area contributed by atoms with Gasteiger partial charge in [0.1, 0.15) is 0 Å². The number of piperidine rings is 1. The number of thiazole rings is 1.